The topological polar surface area (TPSA) is 17.1 Å². The third-order valence-electron chi connectivity index (χ3n) is 3.90. The van der Waals surface area contributed by atoms with E-state index in [9.17, 15) is 4.79 Å². The summed E-state index contributed by atoms with van der Waals surface area (Å²) in [4.78, 5) is 12.2. The molecule has 0 N–H and O–H groups in total. The Labute approximate surface area is 127 Å². The minimum atomic E-state index is 0.228. The van der Waals surface area contributed by atoms with E-state index in [4.69, 9.17) is 0 Å². The lowest BCUT2D eigenvalue weighted by atomic mass is 10.1. The summed E-state index contributed by atoms with van der Waals surface area (Å²) in [5.41, 5.74) is 3.49. The van der Waals surface area contributed by atoms with Crippen LogP contribution in [0, 0.1) is 6.92 Å². The minimum Gasteiger partial charge on any atom is -0.324 e. The SMILES string of the molecule is Cc1ccccc1C[N+](C)(C)CCC(=O)c1ccccc1. The van der Waals surface area contributed by atoms with Crippen molar-refractivity contribution >= 4 is 5.78 Å². The first kappa shape index (κ1) is 15.5. The molecule has 0 heterocycles. The molecule has 110 valence electrons. The Morgan fingerprint density at radius 2 is 1.57 bits per heavy atom. The largest absolute Gasteiger partial charge is 0.324 e. The fraction of sp³-hybridized carbons (Fsp3) is 0.316. The number of carbonyl (C=O) groups excluding carboxylic acids is 1. The smallest absolute Gasteiger partial charge is 0.168 e. The number of nitrogens with zero attached hydrogens (tertiary/aromatic N) is 1. The number of ketones is 1. The summed E-state index contributed by atoms with van der Waals surface area (Å²) in [5.74, 6) is 0.228. The van der Waals surface area contributed by atoms with Gasteiger partial charge in [0, 0.05) is 11.1 Å². The van der Waals surface area contributed by atoms with Gasteiger partial charge in [0.15, 0.2) is 5.78 Å². The van der Waals surface area contributed by atoms with E-state index in [1.807, 2.05) is 30.3 Å². The van der Waals surface area contributed by atoms with Crippen molar-refractivity contribution in [2.75, 3.05) is 20.6 Å². The summed E-state index contributed by atoms with van der Waals surface area (Å²) in [5, 5.41) is 0. The van der Waals surface area contributed by atoms with E-state index in [0.29, 0.717) is 6.42 Å². The van der Waals surface area contributed by atoms with Gasteiger partial charge in [-0.2, -0.15) is 0 Å². The molecule has 0 unspecified atom stereocenters. The molecule has 0 aliphatic rings. The molecule has 0 saturated carbocycles. The zero-order chi connectivity index (χ0) is 15.3. The Morgan fingerprint density at radius 3 is 2.24 bits per heavy atom. The quantitative estimate of drug-likeness (QED) is 0.581. The van der Waals surface area contributed by atoms with Crippen LogP contribution >= 0.6 is 0 Å². The number of carbonyl (C=O) groups is 1. The molecule has 0 amide bonds. The third kappa shape index (κ3) is 4.54. The summed E-state index contributed by atoms with van der Waals surface area (Å²) in [6.07, 6.45) is 0.586. The molecular weight excluding hydrogens is 258 g/mol. The van der Waals surface area contributed by atoms with Crippen LogP contribution in [-0.2, 0) is 6.54 Å². The van der Waals surface area contributed by atoms with Crippen LogP contribution in [0.15, 0.2) is 54.6 Å². The van der Waals surface area contributed by atoms with E-state index in [2.05, 4.69) is 45.3 Å². The molecule has 0 saturated heterocycles. The van der Waals surface area contributed by atoms with Gasteiger partial charge in [0.05, 0.1) is 27.1 Å². The number of rotatable bonds is 6. The Hall–Kier alpha value is -1.93. The van der Waals surface area contributed by atoms with Crippen LogP contribution < -0.4 is 0 Å². The van der Waals surface area contributed by atoms with Gasteiger partial charge in [-0.05, 0) is 12.5 Å². The Balaban J connectivity index is 1.95. The molecule has 0 radical (unpaired) electrons. The van der Waals surface area contributed by atoms with Gasteiger partial charge in [-0.25, -0.2) is 0 Å². The molecule has 2 heteroatoms. The van der Waals surface area contributed by atoms with Crippen molar-refractivity contribution in [3.05, 3.63) is 71.3 Å². The maximum atomic E-state index is 12.2. The van der Waals surface area contributed by atoms with E-state index < -0.39 is 0 Å². The Kier molecular flexibility index (Phi) is 4.92. The van der Waals surface area contributed by atoms with Crippen LogP contribution in [0.25, 0.3) is 0 Å². The fourth-order valence-corrected chi connectivity index (χ4v) is 2.50. The predicted octanol–water partition coefficient (Wildman–Crippen LogP) is 3.84. The van der Waals surface area contributed by atoms with Gasteiger partial charge in [0.1, 0.15) is 6.54 Å². The molecule has 0 aliphatic heterocycles. The third-order valence-corrected chi connectivity index (χ3v) is 3.90. The van der Waals surface area contributed by atoms with E-state index in [1.165, 1.54) is 11.1 Å². The van der Waals surface area contributed by atoms with Gasteiger partial charge in [-0.15, -0.1) is 0 Å². The van der Waals surface area contributed by atoms with Gasteiger partial charge in [-0.1, -0.05) is 54.6 Å². The van der Waals surface area contributed by atoms with Crippen molar-refractivity contribution in [1.82, 2.24) is 0 Å². The zero-order valence-corrected chi connectivity index (χ0v) is 13.2. The summed E-state index contributed by atoms with van der Waals surface area (Å²) in [7, 11) is 4.37. The number of hydrogen-bond acceptors (Lipinski definition) is 1. The van der Waals surface area contributed by atoms with E-state index in [1.54, 1.807) is 0 Å². The molecule has 0 fully saturated rings. The van der Waals surface area contributed by atoms with Crippen molar-refractivity contribution in [2.45, 2.75) is 19.9 Å². The molecule has 2 aromatic rings. The molecule has 0 spiro atoms. The fourth-order valence-electron chi connectivity index (χ4n) is 2.50. The number of benzene rings is 2. The average Bonchev–Trinajstić information content (AvgIpc) is 2.48. The van der Waals surface area contributed by atoms with Crippen molar-refractivity contribution in [1.29, 1.82) is 0 Å². The van der Waals surface area contributed by atoms with Crippen molar-refractivity contribution in [3.8, 4) is 0 Å². The highest BCUT2D eigenvalue weighted by Crippen LogP contribution is 2.15. The molecule has 0 aliphatic carbocycles. The predicted molar refractivity (Wildman–Crippen MR) is 87.2 cm³/mol. The van der Waals surface area contributed by atoms with Crippen LogP contribution in [-0.4, -0.2) is 30.9 Å². The standard InChI is InChI=1S/C19H24NO/c1-16-9-7-8-12-18(16)15-20(2,3)14-13-19(21)17-10-5-4-6-11-17/h4-12H,13-15H2,1-3H3/q+1. The summed E-state index contributed by atoms with van der Waals surface area (Å²) in [6, 6.07) is 18.0. The Morgan fingerprint density at radius 1 is 0.952 bits per heavy atom. The normalized spacial score (nSPS) is 11.4. The van der Waals surface area contributed by atoms with E-state index in [-0.39, 0.29) is 5.78 Å². The Bertz CT molecular complexity index is 602. The van der Waals surface area contributed by atoms with Gasteiger partial charge >= 0.3 is 0 Å². The van der Waals surface area contributed by atoms with E-state index >= 15 is 0 Å². The number of hydrogen-bond donors (Lipinski definition) is 0. The second-order valence-electron chi connectivity index (χ2n) is 6.28. The molecule has 0 bridgehead atoms. The van der Waals surface area contributed by atoms with Gasteiger partial charge in [0.2, 0.25) is 0 Å². The summed E-state index contributed by atoms with van der Waals surface area (Å²) >= 11 is 0. The van der Waals surface area contributed by atoms with Crippen LogP contribution in [0.5, 0.6) is 0 Å². The van der Waals surface area contributed by atoms with Crippen molar-refractivity contribution < 1.29 is 9.28 Å². The zero-order valence-electron chi connectivity index (χ0n) is 13.2. The maximum Gasteiger partial charge on any atom is 0.168 e. The molecule has 2 rings (SSSR count). The first-order valence-corrected chi connectivity index (χ1v) is 7.43. The number of quaternary nitrogens is 1. The van der Waals surface area contributed by atoms with Gasteiger partial charge < -0.3 is 4.48 Å². The molecule has 21 heavy (non-hydrogen) atoms. The minimum absolute atomic E-state index is 0.228. The maximum absolute atomic E-state index is 12.2. The number of Topliss-reactive ketones (excluding diaryl/α,β-unsaturated/α-hetero) is 1. The van der Waals surface area contributed by atoms with Crippen LogP contribution in [0.3, 0.4) is 0 Å². The molecular formula is C19H24NO+. The second kappa shape index (κ2) is 6.68. The second-order valence-corrected chi connectivity index (χ2v) is 6.28. The first-order chi connectivity index (χ1) is 9.98. The first-order valence-electron chi connectivity index (χ1n) is 7.43. The highest BCUT2D eigenvalue weighted by atomic mass is 16.1. The average molecular weight is 282 g/mol. The van der Waals surface area contributed by atoms with Crippen molar-refractivity contribution in [2.24, 2.45) is 0 Å². The number of aryl methyl sites for hydroxylation is 1. The molecule has 0 aromatic heterocycles. The molecule has 0 atom stereocenters. The van der Waals surface area contributed by atoms with Gasteiger partial charge in [-0.3, -0.25) is 4.79 Å². The van der Waals surface area contributed by atoms with Crippen molar-refractivity contribution in [3.63, 3.8) is 0 Å². The summed E-state index contributed by atoms with van der Waals surface area (Å²) < 4.78 is 0.823. The monoisotopic (exact) mass is 282 g/mol. The van der Waals surface area contributed by atoms with Crippen LogP contribution in [0.4, 0.5) is 0 Å². The highest BCUT2D eigenvalue weighted by Gasteiger charge is 2.19. The highest BCUT2D eigenvalue weighted by molar-refractivity contribution is 5.96. The van der Waals surface area contributed by atoms with Gasteiger partial charge in [0.25, 0.3) is 0 Å². The van der Waals surface area contributed by atoms with Crippen LogP contribution in [0.1, 0.15) is 27.9 Å². The lowest BCUT2D eigenvalue weighted by Crippen LogP contribution is -2.40. The molecule has 2 aromatic carbocycles. The lowest BCUT2D eigenvalue weighted by molar-refractivity contribution is -0.903. The molecule has 2 nitrogen and oxygen atoms in total. The van der Waals surface area contributed by atoms with E-state index in [0.717, 1.165) is 23.1 Å². The summed E-state index contributed by atoms with van der Waals surface area (Å²) in [6.45, 7) is 3.95. The lowest BCUT2D eigenvalue weighted by Gasteiger charge is -2.30. The van der Waals surface area contributed by atoms with Crippen LogP contribution in [0.2, 0.25) is 0 Å².